The second-order valence-corrected chi connectivity index (χ2v) is 6.34. The Morgan fingerprint density at radius 3 is 2.61 bits per heavy atom. The predicted molar refractivity (Wildman–Crippen MR) is 85.3 cm³/mol. The van der Waals surface area contributed by atoms with Crippen molar-refractivity contribution in [1.82, 2.24) is 9.88 Å². The van der Waals surface area contributed by atoms with Gasteiger partial charge < -0.3 is 10.6 Å². The Bertz CT molecular complexity index is 738. The van der Waals surface area contributed by atoms with Crippen LogP contribution in [0, 0.1) is 11.7 Å². The third-order valence-corrected chi connectivity index (χ3v) is 4.89. The largest absolute Gasteiger partial charge is 0.369 e. The summed E-state index contributed by atoms with van der Waals surface area (Å²) in [6, 6.07) is 6.35. The highest BCUT2D eigenvalue weighted by molar-refractivity contribution is 7.13. The number of likely N-dealkylation sites (tertiary alicyclic amines) is 1. The van der Waals surface area contributed by atoms with Crippen LogP contribution in [-0.4, -0.2) is 34.8 Å². The topological polar surface area (TPSA) is 76.3 Å². The van der Waals surface area contributed by atoms with E-state index in [1.54, 1.807) is 28.5 Å². The van der Waals surface area contributed by atoms with E-state index in [-0.39, 0.29) is 23.5 Å². The number of nitrogens with two attached hydrogens (primary N) is 1. The molecule has 0 saturated carbocycles. The van der Waals surface area contributed by atoms with Crippen molar-refractivity contribution in [3.05, 3.63) is 41.2 Å². The molecule has 1 aliphatic heterocycles. The molecule has 7 heteroatoms. The first-order chi connectivity index (χ1) is 11.1. The molecule has 1 aromatic carbocycles. The Kier molecular flexibility index (Phi) is 4.38. The zero-order chi connectivity index (χ0) is 16.4. The number of carbonyl (C=O) groups is 2. The van der Waals surface area contributed by atoms with Gasteiger partial charge in [-0.3, -0.25) is 9.59 Å². The minimum Gasteiger partial charge on any atom is -0.369 e. The number of amides is 2. The lowest BCUT2D eigenvalue weighted by atomic mass is 9.96. The molecule has 1 aromatic heterocycles. The number of hydrogen-bond donors (Lipinski definition) is 1. The molecule has 0 radical (unpaired) electrons. The maximum Gasteiger partial charge on any atom is 0.273 e. The molecule has 3 rings (SSSR count). The summed E-state index contributed by atoms with van der Waals surface area (Å²) in [7, 11) is 0. The van der Waals surface area contributed by atoms with E-state index in [4.69, 9.17) is 5.73 Å². The molecule has 23 heavy (non-hydrogen) atoms. The van der Waals surface area contributed by atoms with Crippen LogP contribution in [-0.2, 0) is 4.79 Å². The second kappa shape index (κ2) is 6.45. The summed E-state index contributed by atoms with van der Waals surface area (Å²) < 4.78 is 13.8. The van der Waals surface area contributed by atoms with Gasteiger partial charge in [-0.25, -0.2) is 9.37 Å². The quantitative estimate of drug-likeness (QED) is 0.936. The van der Waals surface area contributed by atoms with Crippen LogP contribution in [0.2, 0.25) is 0 Å². The first kappa shape index (κ1) is 15.6. The van der Waals surface area contributed by atoms with Crippen LogP contribution >= 0.6 is 11.3 Å². The highest BCUT2D eigenvalue weighted by atomic mass is 32.1. The predicted octanol–water partition coefficient (Wildman–Crippen LogP) is 2.29. The number of hydrogen-bond acceptors (Lipinski definition) is 4. The summed E-state index contributed by atoms with van der Waals surface area (Å²) >= 11 is 1.24. The number of thiazole rings is 1. The van der Waals surface area contributed by atoms with Crippen LogP contribution in [0.3, 0.4) is 0 Å². The van der Waals surface area contributed by atoms with Gasteiger partial charge in [0, 0.05) is 30.0 Å². The van der Waals surface area contributed by atoms with Gasteiger partial charge in [-0.05, 0) is 25.0 Å². The lowest BCUT2D eigenvalue weighted by molar-refractivity contribution is -0.123. The van der Waals surface area contributed by atoms with Crippen LogP contribution in [0.1, 0.15) is 23.3 Å². The van der Waals surface area contributed by atoms with Gasteiger partial charge >= 0.3 is 0 Å². The number of benzene rings is 1. The summed E-state index contributed by atoms with van der Waals surface area (Å²) in [6.07, 6.45) is 1.15. The molecule has 2 heterocycles. The molecule has 0 unspecified atom stereocenters. The molecule has 0 bridgehead atoms. The Balaban J connectivity index is 1.72. The van der Waals surface area contributed by atoms with Crippen molar-refractivity contribution in [2.45, 2.75) is 12.8 Å². The summed E-state index contributed by atoms with van der Waals surface area (Å²) in [5, 5.41) is 2.13. The molecule has 2 amide bonds. The Morgan fingerprint density at radius 2 is 1.96 bits per heavy atom. The molecule has 0 aliphatic carbocycles. The van der Waals surface area contributed by atoms with Crippen LogP contribution in [0.15, 0.2) is 29.6 Å². The zero-order valence-electron chi connectivity index (χ0n) is 12.4. The lowest BCUT2D eigenvalue weighted by Gasteiger charge is -2.30. The molecule has 0 spiro atoms. The SMILES string of the molecule is NC(=O)C1CCN(C(=O)c2csc(-c3ccccc3F)n2)CC1. The number of piperidine rings is 1. The van der Waals surface area contributed by atoms with Crippen molar-refractivity contribution in [2.24, 2.45) is 11.7 Å². The molecule has 120 valence electrons. The molecule has 0 atom stereocenters. The van der Waals surface area contributed by atoms with E-state index < -0.39 is 0 Å². The fourth-order valence-corrected chi connectivity index (χ4v) is 3.48. The van der Waals surface area contributed by atoms with Gasteiger partial charge in [-0.1, -0.05) is 12.1 Å². The number of halogens is 1. The summed E-state index contributed by atoms with van der Waals surface area (Å²) in [4.78, 5) is 29.6. The molecule has 2 N–H and O–H groups in total. The van der Waals surface area contributed by atoms with E-state index in [1.807, 2.05) is 0 Å². The fourth-order valence-electron chi connectivity index (χ4n) is 2.66. The highest BCUT2D eigenvalue weighted by Crippen LogP contribution is 2.27. The van der Waals surface area contributed by atoms with Crippen molar-refractivity contribution >= 4 is 23.2 Å². The fraction of sp³-hybridized carbons (Fsp3) is 0.312. The summed E-state index contributed by atoms with van der Waals surface area (Å²) in [5.74, 6) is -1.02. The highest BCUT2D eigenvalue weighted by Gasteiger charge is 2.27. The first-order valence-corrected chi connectivity index (χ1v) is 8.23. The summed E-state index contributed by atoms with van der Waals surface area (Å²) in [6.45, 7) is 0.970. The Hall–Kier alpha value is -2.28. The van der Waals surface area contributed by atoms with Gasteiger partial charge in [0.2, 0.25) is 5.91 Å². The van der Waals surface area contributed by atoms with Gasteiger partial charge in [0.25, 0.3) is 5.91 Å². The maximum absolute atomic E-state index is 13.8. The monoisotopic (exact) mass is 333 g/mol. The number of rotatable bonds is 3. The second-order valence-electron chi connectivity index (χ2n) is 5.49. The van der Waals surface area contributed by atoms with Crippen LogP contribution in [0.4, 0.5) is 4.39 Å². The average Bonchev–Trinajstić information content (AvgIpc) is 3.04. The maximum atomic E-state index is 13.8. The van der Waals surface area contributed by atoms with Crippen molar-refractivity contribution < 1.29 is 14.0 Å². The molecule has 1 saturated heterocycles. The van der Waals surface area contributed by atoms with Gasteiger partial charge in [0.1, 0.15) is 16.5 Å². The van der Waals surface area contributed by atoms with Crippen LogP contribution in [0.5, 0.6) is 0 Å². The van der Waals surface area contributed by atoms with E-state index in [9.17, 15) is 14.0 Å². The van der Waals surface area contributed by atoms with Gasteiger partial charge in [-0.15, -0.1) is 11.3 Å². The number of primary amides is 1. The Morgan fingerprint density at radius 1 is 1.26 bits per heavy atom. The average molecular weight is 333 g/mol. The minimum absolute atomic E-state index is 0.163. The van der Waals surface area contributed by atoms with Crippen molar-refractivity contribution in [3.8, 4) is 10.6 Å². The minimum atomic E-state index is -0.358. The van der Waals surface area contributed by atoms with Crippen molar-refractivity contribution in [3.63, 3.8) is 0 Å². The zero-order valence-corrected chi connectivity index (χ0v) is 13.2. The van der Waals surface area contributed by atoms with E-state index in [1.165, 1.54) is 17.4 Å². The van der Waals surface area contributed by atoms with E-state index in [2.05, 4.69) is 4.98 Å². The lowest BCUT2D eigenvalue weighted by Crippen LogP contribution is -2.41. The Labute approximate surface area is 136 Å². The van der Waals surface area contributed by atoms with Crippen molar-refractivity contribution in [2.75, 3.05) is 13.1 Å². The molecule has 1 aliphatic rings. The molecular weight excluding hydrogens is 317 g/mol. The van der Waals surface area contributed by atoms with E-state index in [0.29, 0.717) is 42.2 Å². The first-order valence-electron chi connectivity index (χ1n) is 7.35. The third-order valence-electron chi connectivity index (χ3n) is 4.01. The van der Waals surface area contributed by atoms with Gasteiger partial charge in [0.15, 0.2) is 0 Å². The molecule has 2 aromatic rings. The third kappa shape index (κ3) is 3.24. The standard InChI is InChI=1S/C16H16FN3O2S/c17-12-4-2-1-3-11(12)15-19-13(9-23-15)16(22)20-7-5-10(6-8-20)14(18)21/h1-4,9-10H,5-8H2,(H2,18,21). The van der Waals surface area contributed by atoms with Gasteiger partial charge in [-0.2, -0.15) is 0 Å². The molecule has 5 nitrogen and oxygen atoms in total. The number of aromatic nitrogens is 1. The van der Waals surface area contributed by atoms with Crippen LogP contribution in [0.25, 0.3) is 10.6 Å². The summed E-state index contributed by atoms with van der Waals surface area (Å²) in [5.41, 5.74) is 6.00. The smallest absolute Gasteiger partial charge is 0.273 e. The molecular formula is C16H16FN3O2S. The van der Waals surface area contributed by atoms with E-state index in [0.717, 1.165) is 0 Å². The number of carbonyl (C=O) groups excluding carboxylic acids is 2. The van der Waals surface area contributed by atoms with Crippen molar-refractivity contribution in [1.29, 1.82) is 0 Å². The molecule has 1 fully saturated rings. The van der Waals surface area contributed by atoms with E-state index >= 15 is 0 Å². The van der Waals surface area contributed by atoms with Gasteiger partial charge in [0.05, 0.1) is 0 Å². The number of nitrogens with zero attached hydrogens (tertiary/aromatic N) is 2. The van der Waals surface area contributed by atoms with Crippen LogP contribution < -0.4 is 5.73 Å². The normalized spacial score (nSPS) is 15.6.